The van der Waals surface area contributed by atoms with E-state index >= 15 is 0 Å². The quantitative estimate of drug-likeness (QED) is 0.681. The highest BCUT2D eigenvalue weighted by Crippen LogP contribution is 2.20. The van der Waals surface area contributed by atoms with Gasteiger partial charge in [0.25, 0.3) is 0 Å². The SMILES string of the molecule is CC[S+](=O)(c1ccccc1)N(C)C. The van der Waals surface area contributed by atoms with E-state index in [1.165, 1.54) is 0 Å². The number of nitrogens with zero attached hydrogens (tertiary/aromatic N) is 1. The van der Waals surface area contributed by atoms with E-state index in [4.69, 9.17) is 0 Å². The molecule has 13 heavy (non-hydrogen) atoms. The summed E-state index contributed by atoms with van der Waals surface area (Å²) in [6.45, 7) is 1.95. The van der Waals surface area contributed by atoms with Crippen molar-refractivity contribution in [2.24, 2.45) is 0 Å². The van der Waals surface area contributed by atoms with E-state index < -0.39 is 10.1 Å². The van der Waals surface area contributed by atoms with Gasteiger partial charge in [-0.1, -0.05) is 22.4 Å². The highest BCUT2D eigenvalue weighted by atomic mass is 32.3. The second kappa shape index (κ2) is 4.03. The van der Waals surface area contributed by atoms with Crippen molar-refractivity contribution < 1.29 is 4.21 Å². The monoisotopic (exact) mass is 198 g/mol. The second-order valence-electron chi connectivity index (χ2n) is 3.05. The number of hydrogen-bond acceptors (Lipinski definition) is 1. The van der Waals surface area contributed by atoms with Crippen LogP contribution in [0.15, 0.2) is 35.2 Å². The molecule has 0 saturated heterocycles. The normalized spacial score (nSPS) is 15.7. The van der Waals surface area contributed by atoms with Gasteiger partial charge in [0, 0.05) is 14.1 Å². The molecule has 1 aromatic rings. The lowest BCUT2D eigenvalue weighted by Gasteiger charge is -2.15. The first kappa shape index (κ1) is 10.4. The van der Waals surface area contributed by atoms with Gasteiger partial charge in [0.15, 0.2) is 15.0 Å². The fourth-order valence-corrected chi connectivity index (χ4v) is 3.12. The van der Waals surface area contributed by atoms with Crippen molar-refractivity contribution in [3.8, 4) is 0 Å². The van der Waals surface area contributed by atoms with Crippen LogP contribution in [0.2, 0.25) is 0 Å². The Bertz CT molecular complexity index is 308. The molecule has 0 amide bonds. The molecule has 0 saturated carbocycles. The van der Waals surface area contributed by atoms with Crippen LogP contribution in [-0.2, 0) is 14.3 Å². The maximum atomic E-state index is 12.4. The summed E-state index contributed by atoms with van der Waals surface area (Å²) in [6.07, 6.45) is 0. The zero-order valence-corrected chi connectivity index (χ0v) is 9.17. The summed E-state index contributed by atoms with van der Waals surface area (Å²) in [5.41, 5.74) is 0. The van der Waals surface area contributed by atoms with Crippen LogP contribution in [0.3, 0.4) is 0 Å². The summed E-state index contributed by atoms with van der Waals surface area (Å²) in [6, 6.07) is 9.63. The van der Waals surface area contributed by atoms with Gasteiger partial charge < -0.3 is 0 Å². The molecule has 0 aliphatic heterocycles. The Balaban J connectivity index is 3.12. The summed E-state index contributed by atoms with van der Waals surface area (Å²) >= 11 is 0. The molecule has 1 aromatic carbocycles. The lowest BCUT2D eigenvalue weighted by Crippen LogP contribution is -2.31. The van der Waals surface area contributed by atoms with Gasteiger partial charge >= 0.3 is 0 Å². The van der Waals surface area contributed by atoms with Crippen LogP contribution >= 0.6 is 0 Å². The van der Waals surface area contributed by atoms with Gasteiger partial charge in [-0.3, -0.25) is 0 Å². The lowest BCUT2D eigenvalue weighted by molar-refractivity contribution is 0.530. The molecule has 0 aliphatic rings. The van der Waals surface area contributed by atoms with Gasteiger partial charge in [-0.25, -0.2) is 0 Å². The predicted molar refractivity (Wildman–Crippen MR) is 57.0 cm³/mol. The van der Waals surface area contributed by atoms with Gasteiger partial charge in [0.1, 0.15) is 5.75 Å². The third kappa shape index (κ3) is 1.98. The molecule has 1 atom stereocenters. The highest BCUT2D eigenvalue weighted by molar-refractivity contribution is 8.00. The standard InChI is InChI=1S/C10H16NOS/c1-4-13(12,11(2)3)10-8-6-5-7-9-10/h5-9H,4H2,1-3H3/q+1. The number of benzene rings is 1. The molecule has 0 N–H and O–H groups in total. The minimum atomic E-state index is -1.99. The van der Waals surface area contributed by atoms with E-state index in [0.29, 0.717) is 5.75 Å². The summed E-state index contributed by atoms with van der Waals surface area (Å²) in [7, 11) is 1.73. The van der Waals surface area contributed by atoms with E-state index in [1.807, 2.05) is 55.7 Å². The molecule has 0 aromatic heterocycles. The number of hydrogen-bond donors (Lipinski definition) is 0. The van der Waals surface area contributed by atoms with Crippen molar-refractivity contribution in [2.45, 2.75) is 11.8 Å². The first-order chi connectivity index (χ1) is 6.11. The molecule has 0 radical (unpaired) electrons. The Labute approximate surface area is 81.1 Å². The van der Waals surface area contributed by atoms with Crippen LogP contribution in [0.25, 0.3) is 0 Å². The average Bonchev–Trinajstić information content (AvgIpc) is 2.17. The van der Waals surface area contributed by atoms with Crippen molar-refractivity contribution >= 4 is 10.1 Å². The first-order valence-corrected chi connectivity index (χ1v) is 6.04. The van der Waals surface area contributed by atoms with Crippen molar-refractivity contribution in [1.29, 1.82) is 0 Å². The maximum Gasteiger partial charge on any atom is 0.189 e. The zero-order chi connectivity index (χ0) is 9.90. The summed E-state index contributed by atoms with van der Waals surface area (Å²) < 4.78 is 14.2. The van der Waals surface area contributed by atoms with Gasteiger partial charge in [-0.05, 0) is 19.1 Å². The van der Waals surface area contributed by atoms with Crippen LogP contribution in [-0.4, -0.2) is 24.2 Å². The Morgan fingerprint density at radius 3 is 2.15 bits per heavy atom. The molecule has 1 unspecified atom stereocenters. The molecule has 2 nitrogen and oxygen atoms in total. The lowest BCUT2D eigenvalue weighted by atomic mass is 10.4. The van der Waals surface area contributed by atoms with Crippen molar-refractivity contribution in [2.75, 3.05) is 19.8 Å². The maximum absolute atomic E-state index is 12.4. The Kier molecular flexibility index (Phi) is 3.22. The van der Waals surface area contributed by atoms with Crippen LogP contribution in [0.1, 0.15) is 6.92 Å². The Morgan fingerprint density at radius 1 is 1.23 bits per heavy atom. The minimum absolute atomic E-state index is 0.657. The summed E-state index contributed by atoms with van der Waals surface area (Å²) in [5.74, 6) is 0.657. The smallest absolute Gasteiger partial charge is 0.126 e. The van der Waals surface area contributed by atoms with Gasteiger partial charge in [0.05, 0.1) is 0 Å². The van der Waals surface area contributed by atoms with Crippen LogP contribution in [0, 0.1) is 0 Å². The first-order valence-electron chi connectivity index (χ1n) is 4.35. The van der Waals surface area contributed by atoms with Crippen molar-refractivity contribution in [1.82, 2.24) is 4.31 Å². The molecular formula is C10H16NOS+. The highest BCUT2D eigenvalue weighted by Gasteiger charge is 2.31. The van der Waals surface area contributed by atoms with Gasteiger partial charge in [-0.15, -0.1) is 4.31 Å². The third-order valence-corrected chi connectivity index (χ3v) is 5.06. The molecule has 3 heteroatoms. The summed E-state index contributed by atoms with van der Waals surface area (Å²) in [5, 5.41) is 0. The zero-order valence-electron chi connectivity index (χ0n) is 8.36. The van der Waals surface area contributed by atoms with E-state index in [0.717, 1.165) is 4.90 Å². The van der Waals surface area contributed by atoms with Crippen LogP contribution in [0.5, 0.6) is 0 Å². The molecule has 1 rings (SSSR count). The largest absolute Gasteiger partial charge is 0.189 e. The van der Waals surface area contributed by atoms with Crippen molar-refractivity contribution in [3.05, 3.63) is 30.3 Å². The fourth-order valence-electron chi connectivity index (χ4n) is 1.27. The Hall–Kier alpha value is -0.670. The number of rotatable bonds is 3. The van der Waals surface area contributed by atoms with E-state index in [1.54, 1.807) is 0 Å². The van der Waals surface area contributed by atoms with Crippen molar-refractivity contribution in [3.63, 3.8) is 0 Å². The minimum Gasteiger partial charge on any atom is -0.126 e. The third-order valence-electron chi connectivity index (χ3n) is 2.09. The molecule has 0 heterocycles. The fraction of sp³-hybridized carbons (Fsp3) is 0.400. The molecule has 0 bridgehead atoms. The van der Waals surface area contributed by atoms with E-state index in [2.05, 4.69) is 0 Å². The molecular weight excluding hydrogens is 182 g/mol. The predicted octanol–water partition coefficient (Wildman–Crippen LogP) is 2.04. The molecule has 0 spiro atoms. The molecule has 72 valence electrons. The molecule has 0 aliphatic carbocycles. The average molecular weight is 198 g/mol. The van der Waals surface area contributed by atoms with Gasteiger partial charge in [0.2, 0.25) is 0 Å². The van der Waals surface area contributed by atoms with Crippen LogP contribution < -0.4 is 0 Å². The topological polar surface area (TPSA) is 20.3 Å². The van der Waals surface area contributed by atoms with Gasteiger partial charge in [-0.2, -0.15) is 0 Å². The second-order valence-corrected chi connectivity index (χ2v) is 6.11. The van der Waals surface area contributed by atoms with Crippen LogP contribution in [0.4, 0.5) is 0 Å². The molecule has 0 fully saturated rings. The summed E-state index contributed by atoms with van der Waals surface area (Å²) in [4.78, 5) is 0.919. The van der Waals surface area contributed by atoms with E-state index in [9.17, 15) is 4.21 Å². The Morgan fingerprint density at radius 2 is 1.77 bits per heavy atom. The van der Waals surface area contributed by atoms with E-state index in [-0.39, 0.29) is 0 Å².